The molecule has 1 amide bonds. The van der Waals surface area contributed by atoms with Gasteiger partial charge in [-0.2, -0.15) is 0 Å². The largest absolute Gasteiger partial charge is 0.479 e. The van der Waals surface area contributed by atoms with Gasteiger partial charge in [0.25, 0.3) is 0 Å². The Morgan fingerprint density at radius 3 is 2.62 bits per heavy atom. The molecule has 0 spiro atoms. The number of benzene rings is 1. The Bertz CT molecular complexity index is 516. The molecule has 1 aromatic carbocycles. The number of halogens is 1. The van der Waals surface area contributed by atoms with Gasteiger partial charge in [-0.15, -0.1) is 0 Å². The highest BCUT2D eigenvalue weighted by atomic mass is 79.9. The lowest BCUT2D eigenvalue weighted by Gasteiger charge is -2.21. The topological polar surface area (TPSA) is 86.6 Å². The Kier molecular flexibility index (Phi) is 6.36. The van der Waals surface area contributed by atoms with Crippen molar-refractivity contribution >= 4 is 27.8 Å². The smallest absolute Gasteiger partial charge is 0.337 e. The minimum Gasteiger partial charge on any atom is -0.479 e. The summed E-state index contributed by atoms with van der Waals surface area (Å²) in [6, 6.07) is 7.70. The van der Waals surface area contributed by atoms with Gasteiger partial charge in [0.1, 0.15) is 0 Å². The number of aliphatic hydroxyl groups is 1. The van der Waals surface area contributed by atoms with Gasteiger partial charge in [0, 0.05) is 10.4 Å². The molecule has 2 unspecified atom stereocenters. The van der Waals surface area contributed by atoms with Gasteiger partial charge < -0.3 is 15.5 Å². The predicted molar refractivity (Wildman–Crippen MR) is 82.9 cm³/mol. The first-order valence-electron chi connectivity index (χ1n) is 6.74. The van der Waals surface area contributed by atoms with E-state index in [9.17, 15) is 14.7 Å². The van der Waals surface area contributed by atoms with Crippen LogP contribution in [0, 0.1) is 5.92 Å². The summed E-state index contributed by atoms with van der Waals surface area (Å²) in [4.78, 5) is 22.9. The highest BCUT2D eigenvalue weighted by Crippen LogP contribution is 2.17. The van der Waals surface area contributed by atoms with E-state index in [-0.39, 0.29) is 18.4 Å². The lowest BCUT2D eigenvalue weighted by Crippen LogP contribution is -2.48. The summed E-state index contributed by atoms with van der Waals surface area (Å²) in [6.45, 7) is 2.75. The van der Waals surface area contributed by atoms with Gasteiger partial charge in [-0.3, -0.25) is 4.79 Å². The van der Waals surface area contributed by atoms with Gasteiger partial charge in [-0.25, -0.2) is 4.79 Å². The summed E-state index contributed by atoms with van der Waals surface area (Å²) in [5.74, 6) is -1.87. The molecule has 21 heavy (non-hydrogen) atoms. The van der Waals surface area contributed by atoms with Crippen LogP contribution >= 0.6 is 15.9 Å². The molecular formula is C15H20BrNO4. The zero-order valence-electron chi connectivity index (χ0n) is 12.1. The number of carboxylic acids is 1. The van der Waals surface area contributed by atoms with Crippen LogP contribution in [0.15, 0.2) is 28.7 Å². The van der Waals surface area contributed by atoms with Crippen LogP contribution in [0.3, 0.4) is 0 Å². The van der Waals surface area contributed by atoms with Crippen LogP contribution in [-0.2, 0) is 16.0 Å². The van der Waals surface area contributed by atoms with Crippen molar-refractivity contribution in [2.45, 2.75) is 32.3 Å². The zero-order valence-corrected chi connectivity index (χ0v) is 13.7. The summed E-state index contributed by atoms with van der Waals surface area (Å²) in [5.41, 5.74) is -0.930. The third-order valence-electron chi connectivity index (χ3n) is 3.30. The number of nitrogens with one attached hydrogen (secondary N) is 1. The van der Waals surface area contributed by atoms with Crippen LogP contribution in [0.5, 0.6) is 0 Å². The Labute approximate surface area is 132 Å². The number of hydrogen-bond donors (Lipinski definition) is 3. The molecule has 0 heterocycles. The molecule has 0 fully saturated rings. The van der Waals surface area contributed by atoms with Crippen LogP contribution in [0.25, 0.3) is 0 Å². The molecular weight excluding hydrogens is 338 g/mol. The number of carbonyl (C=O) groups excluding carboxylic acids is 1. The fourth-order valence-corrected chi connectivity index (χ4v) is 2.30. The Morgan fingerprint density at radius 1 is 1.43 bits per heavy atom. The summed E-state index contributed by atoms with van der Waals surface area (Å²) >= 11 is 3.38. The van der Waals surface area contributed by atoms with E-state index in [4.69, 9.17) is 5.11 Å². The van der Waals surface area contributed by atoms with Crippen molar-refractivity contribution in [1.29, 1.82) is 0 Å². The molecule has 1 aromatic rings. The van der Waals surface area contributed by atoms with Crippen molar-refractivity contribution in [1.82, 2.24) is 5.32 Å². The van der Waals surface area contributed by atoms with E-state index >= 15 is 0 Å². The number of aliphatic carboxylic acids is 1. The van der Waals surface area contributed by atoms with E-state index in [0.717, 1.165) is 17.0 Å². The standard InChI is InChI=1S/C15H20BrNO4/c1-3-11(7-10-5-4-6-12(16)8-10)13(18)17-9-15(2,21)14(19)20/h4-6,8,11,21H,3,7,9H2,1-2H3,(H,17,18)(H,19,20). The fraction of sp³-hybridized carbons (Fsp3) is 0.467. The lowest BCUT2D eigenvalue weighted by atomic mass is 9.95. The molecule has 0 saturated heterocycles. The van der Waals surface area contributed by atoms with Crippen LogP contribution in [0.4, 0.5) is 0 Å². The molecule has 0 aliphatic heterocycles. The average molecular weight is 358 g/mol. The molecule has 0 saturated carbocycles. The fourth-order valence-electron chi connectivity index (χ4n) is 1.85. The maximum absolute atomic E-state index is 12.1. The molecule has 5 nitrogen and oxygen atoms in total. The highest BCUT2D eigenvalue weighted by Gasteiger charge is 2.31. The molecule has 0 aliphatic carbocycles. The Morgan fingerprint density at radius 2 is 2.10 bits per heavy atom. The quantitative estimate of drug-likeness (QED) is 0.696. The maximum Gasteiger partial charge on any atom is 0.337 e. The predicted octanol–water partition coefficient (Wildman–Crippen LogP) is 1.97. The Hall–Kier alpha value is -1.40. The first kappa shape index (κ1) is 17.7. The zero-order chi connectivity index (χ0) is 16.0. The first-order valence-corrected chi connectivity index (χ1v) is 7.53. The van der Waals surface area contributed by atoms with E-state index in [2.05, 4.69) is 21.2 Å². The van der Waals surface area contributed by atoms with Crippen LogP contribution < -0.4 is 5.32 Å². The third-order valence-corrected chi connectivity index (χ3v) is 3.80. The first-order chi connectivity index (χ1) is 9.76. The second kappa shape index (κ2) is 7.56. The van der Waals surface area contributed by atoms with Gasteiger partial charge >= 0.3 is 5.97 Å². The molecule has 1 rings (SSSR count). The van der Waals surface area contributed by atoms with E-state index < -0.39 is 11.6 Å². The van der Waals surface area contributed by atoms with Crippen LogP contribution in [-0.4, -0.2) is 34.2 Å². The van der Waals surface area contributed by atoms with Crippen LogP contribution in [0.2, 0.25) is 0 Å². The molecule has 0 aromatic heterocycles. The molecule has 3 N–H and O–H groups in total. The van der Waals surface area contributed by atoms with Crippen molar-refractivity contribution in [3.05, 3.63) is 34.3 Å². The summed E-state index contributed by atoms with van der Waals surface area (Å²) in [7, 11) is 0. The number of rotatable bonds is 7. The summed E-state index contributed by atoms with van der Waals surface area (Å²) in [6.07, 6.45) is 1.20. The van der Waals surface area contributed by atoms with Gasteiger partial charge in [-0.1, -0.05) is 35.0 Å². The van der Waals surface area contributed by atoms with Crippen molar-refractivity contribution in [2.24, 2.45) is 5.92 Å². The van der Waals surface area contributed by atoms with Crippen LogP contribution in [0.1, 0.15) is 25.8 Å². The Balaban J connectivity index is 2.64. The van der Waals surface area contributed by atoms with Crippen molar-refractivity contribution in [3.63, 3.8) is 0 Å². The second-order valence-electron chi connectivity index (χ2n) is 5.24. The minimum absolute atomic E-state index is 0.251. The van der Waals surface area contributed by atoms with Gasteiger partial charge in [0.15, 0.2) is 5.60 Å². The number of hydrogen-bond acceptors (Lipinski definition) is 3. The van der Waals surface area contributed by atoms with Crippen molar-refractivity contribution in [2.75, 3.05) is 6.54 Å². The third kappa shape index (κ3) is 5.47. The molecule has 0 radical (unpaired) electrons. The molecule has 0 aliphatic rings. The van der Waals surface area contributed by atoms with E-state index in [1.165, 1.54) is 0 Å². The SMILES string of the molecule is CCC(Cc1cccc(Br)c1)C(=O)NCC(C)(O)C(=O)O. The average Bonchev–Trinajstić information content (AvgIpc) is 2.42. The van der Waals surface area contributed by atoms with E-state index in [0.29, 0.717) is 12.8 Å². The van der Waals surface area contributed by atoms with Gasteiger partial charge in [0.05, 0.1) is 6.54 Å². The van der Waals surface area contributed by atoms with Crippen molar-refractivity contribution in [3.8, 4) is 0 Å². The maximum atomic E-state index is 12.1. The lowest BCUT2D eigenvalue weighted by molar-refractivity contribution is -0.156. The number of carboxylic acid groups (broad SMARTS) is 1. The minimum atomic E-state index is -1.95. The monoisotopic (exact) mass is 357 g/mol. The summed E-state index contributed by atoms with van der Waals surface area (Å²) in [5, 5.41) is 20.9. The van der Waals surface area contributed by atoms with E-state index in [1.54, 1.807) is 0 Å². The second-order valence-corrected chi connectivity index (χ2v) is 6.15. The number of carbonyl (C=O) groups is 2. The highest BCUT2D eigenvalue weighted by molar-refractivity contribution is 9.10. The van der Waals surface area contributed by atoms with Crippen molar-refractivity contribution < 1.29 is 19.8 Å². The van der Waals surface area contributed by atoms with Gasteiger partial charge in [0.2, 0.25) is 5.91 Å². The molecule has 0 bridgehead atoms. The number of amides is 1. The molecule has 116 valence electrons. The summed E-state index contributed by atoms with van der Waals surface area (Å²) < 4.78 is 0.948. The van der Waals surface area contributed by atoms with E-state index in [1.807, 2.05) is 31.2 Å². The van der Waals surface area contributed by atoms with Gasteiger partial charge in [-0.05, 0) is 37.5 Å². The molecule has 6 heteroatoms. The molecule has 2 atom stereocenters. The normalized spacial score (nSPS) is 15.0.